The van der Waals surface area contributed by atoms with Crippen molar-refractivity contribution in [1.82, 2.24) is 0 Å². The molecule has 0 radical (unpaired) electrons. The molecule has 0 atom stereocenters. The summed E-state index contributed by atoms with van der Waals surface area (Å²) in [6.45, 7) is 0. The molecule has 0 bridgehead atoms. The van der Waals surface area contributed by atoms with Crippen molar-refractivity contribution in [2.24, 2.45) is 0 Å². The van der Waals surface area contributed by atoms with Gasteiger partial charge in [-0.2, -0.15) is 5.26 Å². The van der Waals surface area contributed by atoms with Crippen molar-refractivity contribution >= 4 is 17.4 Å². The van der Waals surface area contributed by atoms with Gasteiger partial charge in [-0.15, -0.1) is 0 Å². The smallest absolute Gasteiger partial charge is 0.306 e. The van der Waals surface area contributed by atoms with E-state index in [4.69, 9.17) is 5.26 Å². The monoisotopic (exact) mass is 273 g/mol. The Kier molecular flexibility index (Phi) is 3.91. The fraction of sp³-hybridized carbons (Fsp3) is 0. The Labute approximate surface area is 113 Å². The number of nitrogens with zero attached hydrogens (tertiary/aromatic N) is 1. The number of nitriles is 1. The number of carbonyl (C=O) groups is 1. The molecular weight excluding hydrogens is 264 g/mol. The van der Waals surface area contributed by atoms with Crippen molar-refractivity contribution in [1.29, 1.82) is 5.26 Å². The third-order valence-corrected chi connectivity index (χ3v) is 2.50. The van der Waals surface area contributed by atoms with E-state index < -0.39 is 23.4 Å². The molecule has 2 aromatic rings. The first kappa shape index (κ1) is 13.5. The summed E-state index contributed by atoms with van der Waals surface area (Å²) in [7, 11) is 0. The summed E-state index contributed by atoms with van der Waals surface area (Å²) in [5.41, 5.74) is -0.0414. The van der Waals surface area contributed by atoms with Crippen LogP contribution in [0.4, 0.5) is 25.0 Å². The van der Waals surface area contributed by atoms with Crippen LogP contribution < -0.4 is 10.6 Å². The molecule has 0 spiro atoms. The molecule has 0 aliphatic rings. The number of amides is 2. The predicted octanol–water partition coefficient (Wildman–Crippen LogP) is 3.48. The first-order chi connectivity index (χ1) is 9.61. The second-order valence-electron chi connectivity index (χ2n) is 3.83. The van der Waals surface area contributed by atoms with E-state index in [2.05, 4.69) is 10.6 Å². The van der Waals surface area contributed by atoms with E-state index in [1.54, 1.807) is 12.1 Å². The van der Waals surface area contributed by atoms with Gasteiger partial charge >= 0.3 is 6.03 Å². The maximum absolute atomic E-state index is 13.4. The third-order valence-electron chi connectivity index (χ3n) is 2.50. The summed E-state index contributed by atoms with van der Waals surface area (Å²) < 4.78 is 26.7. The number of nitrogens with one attached hydrogen (secondary N) is 2. The molecule has 0 aromatic heterocycles. The molecule has 0 aliphatic carbocycles. The van der Waals surface area contributed by atoms with Crippen LogP contribution in [0.3, 0.4) is 0 Å². The summed E-state index contributed by atoms with van der Waals surface area (Å²) >= 11 is 0. The summed E-state index contributed by atoms with van der Waals surface area (Å²) in [5, 5.41) is 13.3. The number of hydrogen-bond acceptors (Lipinski definition) is 2. The van der Waals surface area contributed by atoms with Gasteiger partial charge in [0.2, 0.25) is 0 Å². The minimum Gasteiger partial charge on any atom is -0.306 e. The number of halogens is 2. The molecule has 0 fully saturated rings. The van der Waals surface area contributed by atoms with Gasteiger partial charge in [0.05, 0.1) is 11.3 Å². The topological polar surface area (TPSA) is 64.9 Å². The van der Waals surface area contributed by atoms with Gasteiger partial charge in [-0.1, -0.05) is 18.2 Å². The van der Waals surface area contributed by atoms with Gasteiger partial charge in [-0.25, -0.2) is 13.6 Å². The van der Waals surface area contributed by atoms with Crippen LogP contribution in [0.1, 0.15) is 5.56 Å². The lowest BCUT2D eigenvalue weighted by molar-refractivity contribution is 0.262. The number of anilines is 2. The molecule has 2 amide bonds. The van der Waals surface area contributed by atoms with Crippen LogP contribution in [-0.2, 0) is 0 Å². The fourth-order valence-corrected chi connectivity index (χ4v) is 1.57. The molecular formula is C14H9F2N3O. The highest BCUT2D eigenvalue weighted by atomic mass is 19.1. The summed E-state index contributed by atoms with van der Waals surface area (Å²) in [4.78, 5) is 11.7. The van der Waals surface area contributed by atoms with E-state index in [1.165, 1.54) is 18.2 Å². The minimum absolute atomic E-state index is 0.247. The number of carbonyl (C=O) groups excluding carboxylic acids is 1. The van der Waals surface area contributed by atoms with Gasteiger partial charge < -0.3 is 10.6 Å². The van der Waals surface area contributed by atoms with E-state index in [0.29, 0.717) is 0 Å². The zero-order chi connectivity index (χ0) is 14.5. The Morgan fingerprint density at radius 3 is 2.30 bits per heavy atom. The average molecular weight is 273 g/mol. The number of urea groups is 1. The summed E-state index contributed by atoms with van der Waals surface area (Å²) in [6, 6.07) is 10.6. The Morgan fingerprint density at radius 2 is 1.65 bits per heavy atom. The maximum atomic E-state index is 13.4. The first-order valence-electron chi connectivity index (χ1n) is 5.63. The molecule has 6 heteroatoms. The zero-order valence-electron chi connectivity index (χ0n) is 10.2. The van der Waals surface area contributed by atoms with Gasteiger partial charge in [0, 0.05) is 0 Å². The lowest BCUT2D eigenvalue weighted by Crippen LogP contribution is -2.21. The molecule has 4 nitrogen and oxygen atoms in total. The van der Waals surface area contributed by atoms with Gasteiger partial charge in [-0.05, 0) is 24.3 Å². The first-order valence-corrected chi connectivity index (χ1v) is 5.63. The molecule has 0 saturated carbocycles. The van der Waals surface area contributed by atoms with Crippen LogP contribution in [-0.4, -0.2) is 6.03 Å². The minimum atomic E-state index is -0.881. The molecule has 0 unspecified atom stereocenters. The molecule has 0 heterocycles. The highest BCUT2D eigenvalue weighted by molar-refractivity contribution is 6.00. The van der Waals surface area contributed by atoms with Crippen molar-refractivity contribution in [2.75, 3.05) is 10.6 Å². The molecule has 20 heavy (non-hydrogen) atoms. The quantitative estimate of drug-likeness (QED) is 0.879. The molecule has 0 saturated heterocycles. The normalized spacial score (nSPS) is 9.65. The van der Waals surface area contributed by atoms with Gasteiger partial charge in [0.25, 0.3) is 0 Å². The van der Waals surface area contributed by atoms with Crippen molar-refractivity contribution < 1.29 is 13.6 Å². The van der Waals surface area contributed by atoms with E-state index in [0.717, 1.165) is 12.1 Å². The molecule has 2 aromatic carbocycles. The number of benzene rings is 2. The maximum Gasteiger partial charge on any atom is 0.323 e. The fourth-order valence-electron chi connectivity index (χ4n) is 1.57. The van der Waals surface area contributed by atoms with Crippen molar-refractivity contribution in [3.63, 3.8) is 0 Å². The van der Waals surface area contributed by atoms with Crippen LogP contribution in [0.25, 0.3) is 0 Å². The second kappa shape index (κ2) is 5.80. The zero-order valence-corrected chi connectivity index (χ0v) is 10.2. The summed E-state index contributed by atoms with van der Waals surface area (Å²) in [6.07, 6.45) is 0. The highest BCUT2D eigenvalue weighted by Crippen LogP contribution is 2.19. The van der Waals surface area contributed by atoms with E-state index in [9.17, 15) is 13.6 Å². The lowest BCUT2D eigenvalue weighted by atomic mass is 10.2. The Hall–Kier alpha value is -2.94. The van der Waals surface area contributed by atoms with Crippen LogP contribution in [0.5, 0.6) is 0 Å². The Morgan fingerprint density at radius 1 is 1.00 bits per heavy atom. The van der Waals surface area contributed by atoms with Crippen molar-refractivity contribution in [2.45, 2.75) is 0 Å². The number of hydrogen-bond donors (Lipinski definition) is 2. The Balaban J connectivity index is 2.16. The standard InChI is InChI=1S/C14H9F2N3O/c15-10-5-3-6-11(16)13(10)19-14(20)18-12-7-2-1-4-9(12)8-17/h1-7H,(H2,18,19,20). The van der Waals surface area contributed by atoms with Crippen molar-refractivity contribution in [3.8, 4) is 6.07 Å². The molecule has 2 N–H and O–H groups in total. The highest BCUT2D eigenvalue weighted by Gasteiger charge is 2.12. The number of rotatable bonds is 2. The second-order valence-corrected chi connectivity index (χ2v) is 3.83. The predicted molar refractivity (Wildman–Crippen MR) is 70.2 cm³/mol. The SMILES string of the molecule is N#Cc1ccccc1NC(=O)Nc1c(F)cccc1F. The Bertz CT molecular complexity index is 675. The molecule has 2 rings (SSSR count). The van der Waals surface area contributed by atoms with Gasteiger partial charge in [0.15, 0.2) is 0 Å². The molecule has 100 valence electrons. The van der Waals surface area contributed by atoms with E-state index in [1.807, 2.05) is 6.07 Å². The van der Waals surface area contributed by atoms with E-state index in [-0.39, 0.29) is 11.3 Å². The van der Waals surface area contributed by atoms with Crippen LogP contribution in [0.2, 0.25) is 0 Å². The van der Waals surface area contributed by atoms with Crippen molar-refractivity contribution in [3.05, 3.63) is 59.7 Å². The van der Waals surface area contributed by atoms with E-state index >= 15 is 0 Å². The molecule has 0 aliphatic heterocycles. The lowest BCUT2D eigenvalue weighted by Gasteiger charge is -2.10. The largest absolute Gasteiger partial charge is 0.323 e. The number of para-hydroxylation sites is 2. The van der Waals surface area contributed by atoms with Crippen LogP contribution >= 0.6 is 0 Å². The van der Waals surface area contributed by atoms with Crippen LogP contribution in [0.15, 0.2) is 42.5 Å². The van der Waals surface area contributed by atoms with Gasteiger partial charge in [0.1, 0.15) is 23.4 Å². The van der Waals surface area contributed by atoms with Gasteiger partial charge in [-0.3, -0.25) is 0 Å². The van der Waals surface area contributed by atoms with Crippen LogP contribution in [0, 0.1) is 23.0 Å². The third kappa shape index (κ3) is 2.90. The average Bonchev–Trinajstić information content (AvgIpc) is 2.44. The summed E-state index contributed by atoms with van der Waals surface area (Å²) in [5.74, 6) is -1.76.